The van der Waals surface area contributed by atoms with Gasteiger partial charge in [-0.1, -0.05) is 53.5 Å². The summed E-state index contributed by atoms with van der Waals surface area (Å²) in [7, 11) is 0. The number of nitrogens with zero attached hydrogens (tertiary/aromatic N) is 2. The molecule has 0 unspecified atom stereocenters. The van der Waals surface area contributed by atoms with Gasteiger partial charge < -0.3 is 0 Å². The lowest BCUT2D eigenvalue weighted by atomic mass is 10.2. The van der Waals surface area contributed by atoms with Crippen molar-refractivity contribution in [3.63, 3.8) is 0 Å². The molecule has 3 nitrogen and oxygen atoms in total. The van der Waals surface area contributed by atoms with Crippen molar-refractivity contribution in [1.82, 2.24) is 15.2 Å². The van der Waals surface area contributed by atoms with Gasteiger partial charge in [0.2, 0.25) is 0 Å². The number of rotatable bonds is 2. The summed E-state index contributed by atoms with van der Waals surface area (Å²) < 4.78 is 0. The van der Waals surface area contributed by atoms with Crippen molar-refractivity contribution in [3.8, 4) is 22.8 Å². The highest BCUT2D eigenvalue weighted by Gasteiger charge is 2.10. The minimum Gasteiger partial charge on any atom is -0.259 e. The fourth-order valence-corrected chi connectivity index (χ4v) is 2.16. The molecule has 0 radical (unpaired) electrons. The lowest BCUT2D eigenvalue weighted by Gasteiger charge is -2.00. The number of hydrogen-bond donors (Lipinski definition) is 1. The number of benzene rings is 2. The molecule has 0 amide bonds. The topological polar surface area (TPSA) is 41.6 Å². The average molecular weight is 290 g/mol. The predicted molar refractivity (Wildman–Crippen MR) is 77.3 cm³/mol. The normalized spacial score (nSPS) is 10.6. The number of hydrogen-bond acceptors (Lipinski definition) is 2. The molecule has 0 aliphatic rings. The Hall–Kier alpha value is -1.84. The zero-order valence-electron chi connectivity index (χ0n) is 9.77. The van der Waals surface area contributed by atoms with E-state index in [1.54, 1.807) is 18.2 Å². The van der Waals surface area contributed by atoms with Gasteiger partial charge in [-0.2, -0.15) is 5.10 Å². The number of halogens is 2. The van der Waals surface area contributed by atoms with Gasteiger partial charge in [0.15, 0.2) is 11.6 Å². The molecule has 94 valence electrons. The first kappa shape index (κ1) is 12.2. The minimum atomic E-state index is 0.583. The summed E-state index contributed by atoms with van der Waals surface area (Å²) in [6.45, 7) is 0. The van der Waals surface area contributed by atoms with Crippen LogP contribution in [0.3, 0.4) is 0 Å². The van der Waals surface area contributed by atoms with Crippen LogP contribution in [-0.2, 0) is 0 Å². The van der Waals surface area contributed by atoms with Crippen LogP contribution in [0.2, 0.25) is 10.0 Å². The number of aromatic amines is 1. The summed E-state index contributed by atoms with van der Waals surface area (Å²) in [6.07, 6.45) is 0. The van der Waals surface area contributed by atoms with E-state index in [1.165, 1.54) is 0 Å². The highest BCUT2D eigenvalue weighted by molar-refractivity contribution is 6.35. The van der Waals surface area contributed by atoms with E-state index in [9.17, 15) is 0 Å². The Kier molecular flexibility index (Phi) is 3.23. The van der Waals surface area contributed by atoms with Crippen molar-refractivity contribution < 1.29 is 0 Å². The van der Waals surface area contributed by atoms with Gasteiger partial charge in [-0.25, -0.2) is 4.98 Å². The quantitative estimate of drug-likeness (QED) is 0.757. The Morgan fingerprint density at radius 1 is 0.947 bits per heavy atom. The van der Waals surface area contributed by atoms with Gasteiger partial charge in [-0.3, -0.25) is 5.10 Å². The van der Waals surface area contributed by atoms with Gasteiger partial charge in [0.05, 0.1) is 5.02 Å². The molecule has 0 aliphatic heterocycles. The summed E-state index contributed by atoms with van der Waals surface area (Å²) >= 11 is 12.1. The van der Waals surface area contributed by atoms with E-state index >= 15 is 0 Å². The van der Waals surface area contributed by atoms with E-state index in [0.717, 1.165) is 11.1 Å². The molecule has 0 fully saturated rings. The molecule has 0 bridgehead atoms. The first-order valence-corrected chi connectivity index (χ1v) is 6.43. The highest BCUT2D eigenvalue weighted by Crippen LogP contribution is 2.29. The molecule has 3 aromatic rings. The lowest BCUT2D eigenvalue weighted by molar-refractivity contribution is 1.10. The SMILES string of the molecule is Clc1ccc(Cl)c(-c2nc(-c3ccccc3)n[nH]2)c1. The van der Waals surface area contributed by atoms with Crippen LogP contribution in [0.25, 0.3) is 22.8 Å². The van der Waals surface area contributed by atoms with Gasteiger partial charge >= 0.3 is 0 Å². The van der Waals surface area contributed by atoms with E-state index < -0.39 is 0 Å². The Labute approximate surface area is 120 Å². The zero-order chi connectivity index (χ0) is 13.2. The summed E-state index contributed by atoms with van der Waals surface area (Å²) in [5, 5.41) is 8.27. The van der Waals surface area contributed by atoms with Crippen molar-refractivity contribution >= 4 is 23.2 Å². The third kappa shape index (κ3) is 2.48. The lowest BCUT2D eigenvalue weighted by Crippen LogP contribution is -1.83. The molecule has 3 rings (SSSR count). The second-order valence-corrected chi connectivity index (χ2v) is 4.84. The van der Waals surface area contributed by atoms with Crippen molar-refractivity contribution in [2.24, 2.45) is 0 Å². The molecule has 0 spiro atoms. The smallest absolute Gasteiger partial charge is 0.181 e. The van der Waals surface area contributed by atoms with Crippen LogP contribution in [-0.4, -0.2) is 15.2 Å². The van der Waals surface area contributed by atoms with Crippen molar-refractivity contribution in [2.45, 2.75) is 0 Å². The van der Waals surface area contributed by atoms with Gasteiger partial charge in [0.1, 0.15) is 0 Å². The third-order valence-electron chi connectivity index (χ3n) is 2.70. The Balaban J connectivity index is 2.04. The molecule has 1 heterocycles. The molecule has 0 aliphatic carbocycles. The molecular weight excluding hydrogens is 281 g/mol. The van der Waals surface area contributed by atoms with E-state index in [2.05, 4.69) is 15.2 Å². The predicted octanol–water partition coefficient (Wildman–Crippen LogP) is 4.45. The van der Waals surface area contributed by atoms with Gasteiger partial charge in [0, 0.05) is 16.1 Å². The maximum Gasteiger partial charge on any atom is 0.181 e. The number of H-pyrrole nitrogens is 1. The largest absolute Gasteiger partial charge is 0.259 e. The molecule has 0 saturated carbocycles. The Morgan fingerprint density at radius 3 is 2.53 bits per heavy atom. The molecule has 2 aromatic carbocycles. The molecular formula is C14H9Cl2N3. The molecule has 0 atom stereocenters. The summed E-state index contributed by atoms with van der Waals surface area (Å²) in [4.78, 5) is 4.44. The Bertz CT molecular complexity index is 708. The first-order chi connectivity index (χ1) is 9.24. The van der Waals surface area contributed by atoms with E-state index in [4.69, 9.17) is 23.2 Å². The minimum absolute atomic E-state index is 0.583. The Morgan fingerprint density at radius 2 is 1.74 bits per heavy atom. The van der Waals surface area contributed by atoms with Crippen LogP contribution >= 0.6 is 23.2 Å². The summed E-state index contributed by atoms with van der Waals surface area (Å²) in [5.74, 6) is 1.23. The first-order valence-electron chi connectivity index (χ1n) is 5.67. The molecule has 0 saturated heterocycles. The van der Waals surface area contributed by atoms with E-state index in [1.807, 2.05) is 30.3 Å². The van der Waals surface area contributed by atoms with Crippen molar-refractivity contribution in [1.29, 1.82) is 0 Å². The van der Waals surface area contributed by atoms with Crippen molar-refractivity contribution in [3.05, 3.63) is 58.6 Å². The molecule has 5 heteroatoms. The fraction of sp³-hybridized carbons (Fsp3) is 0. The van der Waals surface area contributed by atoms with Gasteiger partial charge in [-0.15, -0.1) is 0 Å². The highest BCUT2D eigenvalue weighted by atomic mass is 35.5. The van der Waals surface area contributed by atoms with Crippen LogP contribution in [0, 0.1) is 0 Å². The van der Waals surface area contributed by atoms with Crippen LogP contribution in [0.15, 0.2) is 48.5 Å². The van der Waals surface area contributed by atoms with E-state index in [-0.39, 0.29) is 0 Å². The van der Waals surface area contributed by atoms with Crippen LogP contribution in [0.4, 0.5) is 0 Å². The average Bonchev–Trinajstić information content (AvgIpc) is 2.92. The van der Waals surface area contributed by atoms with Crippen LogP contribution in [0.5, 0.6) is 0 Å². The maximum absolute atomic E-state index is 6.14. The van der Waals surface area contributed by atoms with E-state index in [0.29, 0.717) is 21.7 Å². The molecule has 19 heavy (non-hydrogen) atoms. The summed E-state index contributed by atoms with van der Waals surface area (Å²) in [5.41, 5.74) is 1.69. The molecule has 1 N–H and O–H groups in total. The standard InChI is InChI=1S/C14H9Cl2N3/c15-10-6-7-12(16)11(8-10)14-17-13(18-19-14)9-4-2-1-3-5-9/h1-8H,(H,17,18,19). The van der Waals surface area contributed by atoms with Gasteiger partial charge in [0.25, 0.3) is 0 Å². The maximum atomic E-state index is 6.14. The van der Waals surface area contributed by atoms with Gasteiger partial charge in [-0.05, 0) is 18.2 Å². The second kappa shape index (κ2) is 5.03. The summed E-state index contributed by atoms with van der Waals surface area (Å²) in [6, 6.07) is 15.0. The fourth-order valence-electron chi connectivity index (χ4n) is 1.78. The second-order valence-electron chi connectivity index (χ2n) is 4.00. The molecule has 1 aromatic heterocycles. The number of aromatic nitrogens is 3. The van der Waals surface area contributed by atoms with Crippen molar-refractivity contribution in [2.75, 3.05) is 0 Å². The number of nitrogens with one attached hydrogen (secondary N) is 1. The third-order valence-corrected chi connectivity index (χ3v) is 3.27. The zero-order valence-corrected chi connectivity index (χ0v) is 11.3. The van der Waals surface area contributed by atoms with Crippen LogP contribution < -0.4 is 0 Å². The van der Waals surface area contributed by atoms with Crippen LogP contribution in [0.1, 0.15) is 0 Å². The monoisotopic (exact) mass is 289 g/mol.